The lowest BCUT2D eigenvalue weighted by atomic mass is 9.57. The van der Waals surface area contributed by atoms with E-state index in [0.29, 0.717) is 23.1 Å². The summed E-state index contributed by atoms with van der Waals surface area (Å²) in [5, 5.41) is 0.430. The van der Waals surface area contributed by atoms with Gasteiger partial charge < -0.3 is 4.90 Å². The molecule has 40 heavy (non-hydrogen) atoms. The maximum Gasteiger partial charge on any atom is 0.198 e. The number of rotatable bonds is 1. The number of allylic oxidation sites excluding steroid dienone is 10. The molecule has 0 bridgehead atoms. The van der Waals surface area contributed by atoms with Crippen LogP contribution in [0.25, 0.3) is 16.7 Å². The lowest BCUT2D eigenvalue weighted by molar-refractivity contribution is 0.780. The van der Waals surface area contributed by atoms with Crippen LogP contribution in [0.5, 0.6) is 0 Å². The number of benzene rings is 3. The minimum atomic E-state index is 0.336. The third-order valence-corrected chi connectivity index (χ3v) is 11.1. The molecular weight excluding hydrogens is 501 g/mol. The van der Waals surface area contributed by atoms with Gasteiger partial charge in [-0.1, -0.05) is 103 Å². The van der Waals surface area contributed by atoms with Gasteiger partial charge in [-0.05, 0) is 75.5 Å². The van der Waals surface area contributed by atoms with Gasteiger partial charge in [-0.2, -0.15) is 0 Å². The number of fused-ring (bicyclic) bond motifs is 7. The molecule has 4 aliphatic carbocycles. The van der Waals surface area contributed by atoms with Crippen LogP contribution in [0.15, 0.2) is 119 Å². The summed E-state index contributed by atoms with van der Waals surface area (Å²) in [6.07, 6.45) is 21.9. The normalized spacial score (nSPS) is 25.9. The number of hydrogen-bond acceptors (Lipinski definition) is 2. The fourth-order valence-corrected chi connectivity index (χ4v) is 9.40. The van der Waals surface area contributed by atoms with E-state index < -0.39 is 0 Å². The van der Waals surface area contributed by atoms with Crippen molar-refractivity contribution in [2.75, 3.05) is 4.90 Å². The summed E-state index contributed by atoms with van der Waals surface area (Å²) in [7, 11) is 0.981. The summed E-state index contributed by atoms with van der Waals surface area (Å²) in [6, 6.07) is 19.3. The standard InChI is InChI=1S/C37H30BNS/c1-21-17-29(26-12-7-11-25-28-20-24-10-4-3-9-23(24)19-27(28)22(2)35(25)26)36-32(18-21)39-31-14-5-6-15-33(31)40-34-16-8-13-30(38-36)37(34)39/h3-19,22,24,31,33,38H,20H2,1-2H3. The number of thioether (sulfide) groups is 1. The molecule has 0 spiro atoms. The maximum atomic E-state index is 2.67. The van der Waals surface area contributed by atoms with Gasteiger partial charge in [0.25, 0.3) is 0 Å². The van der Waals surface area contributed by atoms with Gasteiger partial charge in [-0.15, -0.1) is 11.8 Å². The summed E-state index contributed by atoms with van der Waals surface area (Å²) in [5.74, 6) is 0.903. The van der Waals surface area contributed by atoms with Crippen LogP contribution in [-0.4, -0.2) is 18.6 Å². The van der Waals surface area contributed by atoms with E-state index >= 15 is 0 Å². The van der Waals surface area contributed by atoms with Gasteiger partial charge in [-0.25, -0.2) is 0 Å². The Morgan fingerprint density at radius 2 is 1.75 bits per heavy atom. The van der Waals surface area contributed by atoms with Crippen LogP contribution < -0.4 is 15.8 Å². The Kier molecular flexibility index (Phi) is 4.85. The first-order valence-corrected chi connectivity index (χ1v) is 15.5. The van der Waals surface area contributed by atoms with E-state index in [-0.39, 0.29) is 0 Å². The Morgan fingerprint density at radius 3 is 2.70 bits per heavy atom. The molecule has 2 aliphatic heterocycles. The Morgan fingerprint density at radius 1 is 0.900 bits per heavy atom. The number of para-hydroxylation sites is 1. The van der Waals surface area contributed by atoms with E-state index in [4.69, 9.17) is 0 Å². The quantitative estimate of drug-likeness (QED) is 0.301. The molecule has 3 aromatic rings. The van der Waals surface area contributed by atoms with Crippen LogP contribution in [0.1, 0.15) is 36.0 Å². The Bertz CT molecular complexity index is 1830. The first-order chi connectivity index (χ1) is 19.7. The first-order valence-electron chi connectivity index (χ1n) is 14.6. The van der Waals surface area contributed by atoms with Crippen molar-refractivity contribution in [2.24, 2.45) is 5.92 Å². The number of anilines is 2. The molecule has 2 heterocycles. The first kappa shape index (κ1) is 23.1. The highest BCUT2D eigenvalue weighted by molar-refractivity contribution is 8.00. The lowest BCUT2D eigenvalue weighted by Gasteiger charge is -2.46. The average Bonchev–Trinajstić information content (AvgIpc) is 3.26. The molecule has 0 aromatic heterocycles. The van der Waals surface area contributed by atoms with Gasteiger partial charge in [-0.3, -0.25) is 0 Å². The summed E-state index contributed by atoms with van der Waals surface area (Å²) < 4.78 is 0. The molecule has 1 nitrogen and oxygen atoms in total. The second-order valence-electron chi connectivity index (χ2n) is 12.1. The molecule has 192 valence electrons. The molecule has 9 rings (SSSR count). The lowest BCUT2D eigenvalue weighted by Crippen LogP contribution is -2.51. The van der Waals surface area contributed by atoms with E-state index in [1.54, 1.807) is 5.57 Å². The van der Waals surface area contributed by atoms with Crippen molar-refractivity contribution in [3.8, 4) is 11.1 Å². The Labute approximate surface area is 241 Å². The predicted molar refractivity (Wildman–Crippen MR) is 173 cm³/mol. The van der Waals surface area contributed by atoms with E-state index in [1.807, 2.05) is 11.8 Å². The van der Waals surface area contributed by atoms with Crippen LogP contribution in [0.2, 0.25) is 0 Å². The van der Waals surface area contributed by atoms with E-state index in [9.17, 15) is 0 Å². The number of aryl methyl sites for hydroxylation is 1. The van der Waals surface area contributed by atoms with Crippen LogP contribution in [0.4, 0.5) is 11.4 Å². The zero-order chi connectivity index (χ0) is 26.5. The largest absolute Gasteiger partial charge is 0.333 e. The summed E-state index contributed by atoms with van der Waals surface area (Å²) in [5.41, 5.74) is 17.5. The van der Waals surface area contributed by atoms with E-state index in [1.165, 1.54) is 66.2 Å². The van der Waals surface area contributed by atoms with Gasteiger partial charge in [0.05, 0.1) is 11.3 Å². The highest BCUT2D eigenvalue weighted by Crippen LogP contribution is 2.53. The predicted octanol–water partition coefficient (Wildman–Crippen LogP) is 7.41. The van der Waals surface area contributed by atoms with Crippen molar-refractivity contribution in [1.29, 1.82) is 0 Å². The maximum absolute atomic E-state index is 2.67. The van der Waals surface area contributed by atoms with Gasteiger partial charge in [0.15, 0.2) is 7.28 Å². The minimum absolute atomic E-state index is 0.336. The highest BCUT2D eigenvalue weighted by Gasteiger charge is 2.40. The Balaban J connectivity index is 1.24. The molecule has 3 heteroatoms. The van der Waals surface area contributed by atoms with Crippen molar-refractivity contribution in [3.63, 3.8) is 0 Å². The molecule has 3 aromatic carbocycles. The molecule has 4 atom stereocenters. The molecule has 0 amide bonds. The average molecular weight is 532 g/mol. The second-order valence-corrected chi connectivity index (χ2v) is 13.3. The molecule has 4 unspecified atom stereocenters. The van der Waals surface area contributed by atoms with E-state index in [2.05, 4.69) is 122 Å². The third-order valence-electron chi connectivity index (χ3n) is 9.83. The topological polar surface area (TPSA) is 3.24 Å². The van der Waals surface area contributed by atoms with Crippen molar-refractivity contribution in [3.05, 3.63) is 131 Å². The molecule has 0 radical (unpaired) electrons. The number of hydrogen-bond donors (Lipinski definition) is 0. The van der Waals surface area contributed by atoms with Crippen molar-refractivity contribution < 1.29 is 0 Å². The van der Waals surface area contributed by atoms with Crippen molar-refractivity contribution in [2.45, 2.75) is 42.4 Å². The van der Waals surface area contributed by atoms with Gasteiger partial charge in [0.2, 0.25) is 0 Å². The molecule has 0 saturated carbocycles. The van der Waals surface area contributed by atoms with E-state index in [0.717, 1.165) is 13.7 Å². The smallest absolute Gasteiger partial charge is 0.198 e. The summed E-state index contributed by atoms with van der Waals surface area (Å²) >= 11 is 2.02. The molecule has 0 fully saturated rings. The SMILES string of the molecule is Cc1cc(-c2cccc3c2C(C)C2=C3CC3C=CC=CC3=C2)c2c(c1)N1c3c(cccc3SC3C=CC=CC31)B2. The Hall–Kier alpha value is -3.69. The number of nitrogens with zero attached hydrogens (tertiary/aromatic N) is 1. The van der Waals surface area contributed by atoms with Crippen LogP contribution in [0.3, 0.4) is 0 Å². The van der Waals surface area contributed by atoms with Crippen molar-refractivity contribution in [1.82, 2.24) is 0 Å². The van der Waals surface area contributed by atoms with Gasteiger partial charge >= 0.3 is 0 Å². The van der Waals surface area contributed by atoms with Gasteiger partial charge in [0, 0.05) is 28.1 Å². The molecular formula is C37H30BNS. The van der Waals surface area contributed by atoms with Crippen LogP contribution in [-0.2, 0) is 0 Å². The fourth-order valence-electron chi connectivity index (χ4n) is 8.08. The van der Waals surface area contributed by atoms with Crippen LogP contribution >= 0.6 is 11.8 Å². The van der Waals surface area contributed by atoms with Gasteiger partial charge in [0.1, 0.15) is 0 Å². The highest BCUT2D eigenvalue weighted by atomic mass is 32.2. The van der Waals surface area contributed by atoms with Crippen LogP contribution in [0, 0.1) is 12.8 Å². The third kappa shape index (κ3) is 3.13. The molecule has 0 saturated heterocycles. The molecule has 0 N–H and O–H groups in total. The second kappa shape index (κ2) is 8.41. The fraction of sp³-hybridized carbons (Fsp3) is 0.189. The minimum Gasteiger partial charge on any atom is -0.333 e. The monoisotopic (exact) mass is 531 g/mol. The zero-order valence-corrected chi connectivity index (χ0v) is 23.7. The zero-order valence-electron chi connectivity index (χ0n) is 22.9. The summed E-state index contributed by atoms with van der Waals surface area (Å²) in [4.78, 5) is 4.08. The summed E-state index contributed by atoms with van der Waals surface area (Å²) in [6.45, 7) is 4.71. The van der Waals surface area contributed by atoms with Crippen molar-refractivity contribution >= 4 is 46.9 Å². The molecule has 6 aliphatic rings.